The van der Waals surface area contributed by atoms with E-state index < -0.39 is 17.6 Å². The first-order chi connectivity index (χ1) is 13.4. The number of halogens is 3. The van der Waals surface area contributed by atoms with Gasteiger partial charge in [0.2, 0.25) is 5.88 Å². The van der Waals surface area contributed by atoms with Gasteiger partial charge in [-0.3, -0.25) is 4.79 Å². The zero-order valence-corrected chi connectivity index (χ0v) is 15.0. The van der Waals surface area contributed by atoms with Gasteiger partial charge in [-0.2, -0.15) is 13.2 Å². The monoisotopic (exact) mass is 386 g/mol. The Morgan fingerprint density at radius 2 is 1.68 bits per heavy atom. The molecule has 0 fully saturated rings. The van der Waals surface area contributed by atoms with Crippen LogP contribution in [-0.2, 0) is 12.7 Å². The van der Waals surface area contributed by atoms with Crippen LogP contribution < -0.4 is 4.74 Å². The molecule has 0 N–H and O–H groups in total. The van der Waals surface area contributed by atoms with Crippen molar-refractivity contribution in [3.63, 3.8) is 0 Å². The van der Waals surface area contributed by atoms with E-state index in [1.807, 2.05) is 6.07 Å². The number of nitrogens with zero attached hydrogens (tertiary/aromatic N) is 2. The van der Waals surface area contributed by atoms with Crippen LogP contribution in [0, 0.1) is 0 Å². The predicted octanol–water partition coefficient (Wildman–Crippen LogP) is 5.16. The van der Waals surface area contributed by atoms with Gasteiger partial charge in [-0.1, -0.05) is 36.4 Å². The summed E-state index contributed by atoms with van der Waals surface area (Å²) in [5.74, 6) is 0.103. The molecular formula is C21H17F3N2O2. The molecule has 1 heterocycles. The molecule has 2 aromatic carbocycles. The lowest BCUT2D eigenvalue weighted by Gasteiger charge is -2.21. The number of hydrogen-bond acceptors (Lipinski definition) is 3. The number of amides is 1. The van der Waals surface area contributed by atoms with Crippen molar-refractivity contribution in [1.29, 1.82) is 0 Å². The van der Waals surface area contributed by atoms with Crippen LogP contribution >= 0.6 is 0 Å². The standard InChI is InChI=1S/C21H17F3N2O2/c1-26(14-15-8-5-6-12-18(15)21(22,23)24)20(27)17-11-7-13-25-19(17)28-16-9-3-2-4-10-16/h2-13H,14H2,1H3. The molecule has 0 saturated carbocycles. The molecule has 0 bridgehead atoms. The summed E-state index contributed by atoms with van der Waals surface area (Å²) in [5, 5.41) is 0. The maximum Gasteiger partial charge on any atom is 0.416 e. The fourth-order valence-corrected chi connectivity index (χ4v) is 2.70. The van der Waals surface area contributed by atoms with Crippen LogP contribution in [0.3, 0.4) is 0 Å². The highest BCUT2D eigenvalue weighted by atomic mass is 19.4. The number of benzene rings is 2. The first-order valence-electron chi connectivity index (χ1n) is 8.45. The Labute approximate surface area is 160 Å². The quantitative estimate of drug-likeness (QED) is 0.608. The summed E-state index contributed by atoms with van der Waals surface area (Å²) in [7, 11) is 1.44. The van der Waals surface area contributed by atoms with Gasteiger partial charge in [-0.25, -0.2) is 4.98 Å². The van der Waals surface area contributed by atoms with Crippen molar-refractivity contribution >= 4 is 5.91 Å². The Hall–Kier alpha value is -3.35. The minimum atomic E-state index is -4.49. The van der Waals surface area contributed by atoms with Gasteiger partial charge in [0.15, 0.2) is 0 Å². The van der Waals surface area contributed by atoms with E-state index in [1.165, 1.54) is 42.4 Å². The van der Waals surface area contributed by atoms with Crippen LogP contribution in [-0.4, -0.2) is 22.8 Å². The molecular weight excluding hydrogens is 369 g/mol. The average Bonchev–Trinajstić information content (AvgIpc) is 2.68. The zero-order valence-electron chi connectivity index (χ0n) is 15.0. The maximum absolute atomic E-state index is 13.2. The molecule has 3 aromatic rings. The highest BCUT2D eigenvalue weighted by Crippen LogP contribution is 2.32. The van der Waals surface area contributed by atoms with E-state index in [1.54, 1.807) is 30.3 Å². The molecule has 0 unspecified atom stereocenters. The number of ether oxygens (including phenoxy) is 1. The summed E-state index contributed by atoms with van der Waals surface area (Å²) in [6.45, 7) is -0.200. The minimum Gasteiger partial charge on any atom is -0.438 e. The number of rotatable bonds is 5. The molecule has 1 aromatic heterocycles. The minimum absolute atomic E-state index is 0.0141. The molecule has 4 nitrogen and oxygen atoms in total. The van der Waals surface area contributed by atoms with Crippen molar-refractivity contribution in [3.05, 3.63) is 89.6 Å². The first kappa shape index (κ1) is 19.4. The molecule has 1 amide bonds. The number of hydrogen-bond donors (Lipinski definition) is 0. The lowest BCUT2D eigenvalue weighted by atomic mass is 10.1. The summed E-state index contributed by atoms with van der Waals surface area (Å²) in [4.78, 5) is 18.1. The van der Waals surface area contributed by atoms with Crippen molar-refractivity contribution < 1.29 is 22.7 Å². The zero-order chi connectivity index (χ0) is 20.1. The van der Waals surface area contributed by atoms with Gasteiger partial charge in [0, 0.05) is 19.8 Å². The van der Waals surface area contributed by atoms with Crippen molar-refractivity contribution in [3.8, 4) is 11.6 Å². The molecule has 0 spiro atoms. The smallest absolute Gasteiger partial charge is 0.416 e. The van der Waals surface area contributed by atoms with Crippen molar-refractivity contribution in [2.45, 2.75) is 12.7 Å². The number of para-hydroxylation sites is 1. The molecule has 0 saturated heterocycles. The highest BCUT2D eigenvalue weighted by Gasteiger charge is 2.33. The Morgan fingerprint density at radius 3 is 2.39 bits per heavy atom. The Balaban J connectivity index is 1.84. The Morgan fingerprint density at radius 1 is 1.00 bits per heavy atom. The largest absolute Gasteiger partial charge is 0.438 e. The number of pyridine rings is 1. The first-order valence-corrected chi connectivity index (χ1v) is 8.45. The molecule has 7 heteroatoms. The van der Waals surface area contributed by atoms with Gasteiger partial charge in [-0.15, -0.1) is 0 Å². The second kappa shape index (κ2) is 8.12. The second-order valence-corrected chi connectivity index (χ2v) is 6.09. The highest BCUT2D eigenvalue weighted by molar-refractivity contribution is 5.96. The summed E-state index contributed by atoms with van der Waals surface area (Å²) < 4.78 is 45.3. The van der Waals surface area contributed by atoms with Gasteiger partial charge in [-0.05, 0) is 35.9 Å². The molecule has 144 valence electrons. The Bertz CT molecular complexity index is 959. The van der Waals surface area contributed by atoms with Gasteiger partial charge in [0.1, 0.15) is 11.3 Å². The number of aromatic nitrogens is 1. The third-order valence-electron chi connectivity index (χ3n) is 4.04. The fourth-order valence-electron chi connectivity index (χ4n) is 2.70. The summed E-state index contributed by atoms with van der Waals surface area (Å²) in [5.41, 5.74) is -0.583. The van der Waals surface area contributed by atoms with Gasteiger partial charge >= 0.3 is 6.18 Å². The van der Waals surface area contributed by atoms with Crippen LogP contribution in [0.15, 0.2) is 72.9 Å². The van der Waals surface area contributed by atoms with Gasteiger partial charge in [0.25, 0.3) is 5.91 Å². The van der Waals surface area contributed by atoms with E-state index in [2.05, 4.69) is 4.98 Å². The van der Waals surface area contributed by atoms with Crippen LogP contribution in [0.1, 0.15) is 21.5 Å². The summed E-state index contributed by atoms with van der Waals surface area (Å²) >= 11 is 0. The SMILES string of the molecule is CN(Cc1ccccc1C(F)(F)F)C(=O)c1cccnc1Oc1ccccc1. The molecule has 0 atom stereocenters. The third kappa shape index (κ3) is 4.49. The summed E-state index contributed by atoms with van der Waals surface area (Å²) in [6.07, 6.45) is -3.01. The summed E-state index contributed by atoms with van der Waals surface area (Å²) in [6, 6.07) is 17.1. The second-order valence-electron chi connectivity index (χ2n) is 6.09. The molecule has 28 heavy (non-hydrogen) atoms. The van der Waals surface area contributed by atoms with Crippen molar-refractivity contribution in [2.75, 3.05) is 7.05 Å². The lowest BCUT2D eigenvalue weighted by molar-refractivity contribution is -0.138. The fraction of sp³-hybridized carbons (Fsp3) is 0.143. The van der Waals surface area contributed by atoms with E-state index in [0.717, 1.165) is 6.07 Å². The topological polar surface area (TPSA) is 42.4 Å². The maximum atomic E-state index is 13.2. The lowest BCUT2D eigenvalue weighted by Crippen LogP contribution is -2.28. The molecule has 3 rings (SSSR count). The molecule has 0 aliphatic heterocycles. The Kier molecular flexibility index (Phi) is 5.63. The van der Waals surface area contributed by atoms with Gasteiger partial charge in [0.05, 0.1) is 5.56 Å². The number of alkyl halides is 3. The predicted molar refractivity (Wildman–Crippen MR) is 98.0 cm³/mol. The third-order valence-corrected chi connectivity index (χ3v) is 4.04. The van der Waals surface area contributed by atoms with Crippen molar-refractivity contribution in [1.82, 2.24) is 9.88 Å². The van der Waals surface area contributed by atoms with Crippen molar-refractivity contribution in [2.24, 2.45) is 0 Å². The van der Waals surface area contributed by atoms with Crippen LogP contribution in [0.5, 0.6) is 11.6 Å². The van der Waals surface area contributed by atoms with E-state index in [0.29, 0.717) is 5.75 Å². The van der Waals surface area contributed by atoms with Crippen LogP contribution in [0.4, 0.5) is 13.2 Å². The van der Waals surface area contributed by atoms with E-state index in [-0.39, 0.29) is 23.6 Å². The molecule has 0 aliphatic carbocycles. The van der Waals surface area contributed by atoms with E-state index in [9.17, 15) is 18.0 Å². The number of carbonyl (C=O) groups is 1. The van der Waals surface area contributed by atoms with E-state index in [4.69, 9.17) is 4.74 Å². The van der Waals surface area contributed by atoms with Crippen LogP contribution in [0.2, 0.25) is 0 Å². The van der Waals surface area contributed by atoms with E-state index >= 15 is 0 Å². The average molecular weight is 386 g/mol. The van der Waals surface area contributed by atoms with Gasteiger partial charge < -0.3 is 9.64 Å². The molecule has 0 radical (unpaired) electrons. The molecule has 0 aliphatic rings. The normalized spacial score (nSPS) is 11.1. The van der Waals surface area contributed by atoms with Crippen LogP contribution in [0.25, 0.3) is 0 Å². The number of carbonyl (C=O) groups excluding carboxylic acids is 1.